The Labute approximate surface area is 103 Å². The molecule has 0 spiro atoms. The van der Waals surface area contributed by atoms with Crippen LogP contribution in [0.2, 0.25) is 0 Å². The van der Waals surface area contributed by atoms with Crippen LogP contribution in [-0.4, -0.2) is 13.0 Å². The van der Waals surface area contributed by atoms with E-state index in [9.17, 15) is 4.79 Å². The third kappa shape index (κ3) is 1.52. The molecule has 2 aromatic rings. The van der Waals surface area contributed by atoms with Gasteiger partial charge in [0.25, 0.3) is 5.91 Å². The van der Waals surface area contributed by atoms with Crippen molar-refractivity contribution in [1.29, 1.82) is 0 Å². The van der Waals surface area contributed by atoms with Crippen molar-refractivity contribution in [1.82, 2.24) is 0 Å². The van der Waals surface area contributed by atoms with E-state index in [1.807, 2.05) is 37.3 Å². The van der Waals surface area contributed by atoms with Crippen molar-refractivity contribution in [2.75, 3.05) is 11.9 Å². The fourth-order valence-electron chi connectivity index (χ4n) is 1.93. The molecule has 1 amide bonds. The van der Waals surface area contributed by atoms with Gasteiger partial charge in [0.1, 0.15) is 0 Å². The monoisotopic (exact) mass is 245 g/mol. The minimum atomic E-state index is -0.0192. The molecule has 0 saturated carbocycles. The van der Waals surface area contributed by atoms with E-state index in [1.165, 1.54) is 11.3 Å². The Morgan fingerprint density at radius 2 is 2.06 bits per heavy atom. The molecule has 0 unspecified atom stereocenters. The molecule has 4 heteroatoms. The van der Waals surface area contributed by atoms with Crippen LogP contribution in [0.15, 0.2) is 30.3 Å². The van der Waals surface area contributed by atoms with Crippen molar-refractivity contribution in [3.63, 3.8) is 0 Å². The second kappa shape index (κ2) is 3.60. The van der Waals surface area contributed by atoms with Crippen LogP contribution in [0.25, 0.3) is 0 Å². The number of para-hydroxylation sites is 2. The Hall–Kier alpha value is -1.81. The molecular weight excluding hydrogens is 234 g/mol. The van der Waals surface area contributed by atoms with Gasteiger partial charge in [-0.15, -0.1) is 11.3 Å². The standard InChI is InChI=1S/C13H11NO2S/c1-8-7-9-12(15)14(2)10-5-3-4-6-11(10)16-13(9)17-8/h3-7H,1-2H3. The molecule has 0 bridgehead atoms. The molecule has 0 aliphatic carbocycles. The van der Waals surface area contributed by atoms with Crippen molar-refractivity contribution in [2.24, 2.45) is 0 Å². The zero-order chi connectivity index (χ0) is 12.0. The van der Waals surface area contributed by atoms with Gasteiger partial charge < -0.3 is 9.64 Å². The van der Waals surface area contributed by atoms with Crippen LogP contribution in [0.5, 0.6) is 10.8 Å². The Morgan fingerprint density at radius 1 is 1.29 bits per heavy atom. The third-order valence-corrected chi connectivity index (χ3v) is 3.71. The van der Waals surface area contributed by atoms with E-state index in [0.29, 0.717) is 10.6 Å². The van der Waals surface area contributed by atoms with Crippen LogP contribution in [0.4, 0.5) is 5.69 Å². The largest absolute Gasteiger partial charge is 0.444 e. The van der Waals surface area contributed by atoms with Gasteiger partial charge in [-0.05, 0) is 25.1 Å². The first kappa shape index (κ1) is 10.4. The van der Waals surface area contributed by atoms with Crippen LogP contribution in [0, 0.1) is 6.92 Å². The zero-order valence-electron chi connectivity index (χ0n) is 9.56. The van der Waals surface area contributed by atoms with Crippen molar-refractivity contribution < 1.29 is 9.53 Å². The summed E-state index contributed by atoms with van der Waals surface area (Å²) in [4.78, 5) is 15.0. The van der Waals surface area contributed by atoms with E-state index < -0.39 is 0 Å². The predicted octanol–water partition coefficient (Wildman–Crippen LogP) is 3.44. The summed E-state index contributed by atoms with van der Waals surface area (Å²) in [6.07, 6.45) is 0. The van der Waals surface area contributed by atoms with E-state index >= 15 is 0 Å². The summed E-state index contributed by atoms with van der Waals surface area (Å²) < 4.78 is 5.82. The molecule has 1 aromatic carbocycles. The van der Waals surface area contributed by atoms with Crippen LogP contribution < -0.4 is 9.64 Å². The smallest absolute Gasteiger partial charge is 0.262 e. The molecule has 3 rings (SSSR count). The normalized spacial score (nSPS) is 13.8. The van der Waals surface area contributed by atoms with Crippen molar-refractivity contribution >= 4 is 22.9 Å². The number of amides is 1. The molecule has 0 saturated heterocycles. The number of benzene rings is 1. The highest BCUT2D eigenvalue weighted by atomic mass is 32.1. The van der Waals surface area contributed by atoms with Gasteiger partial charge in [-0.2, -0.15) is 0 Å². The summed E-state index contributed by atoms with van der Waals surface area (Å²) in [6, 6.07) is 9.45. The first-order valence-electron chi connectivity index (χ1n) is 5.32. The molecule has 0 radical (unpaired) electrons. The highest BCUT2D eigenvalue weighted by Crippen LogP contribution is 2.42. The second-order valence-electron chi connectivity index (χ2n) is 3.99. The van der Waals surface area contributed by atoms with Crippen LogP contribution >= 0.6 is 11.3 Å². The van der Waals surface area contributed by atoms with E-state index in [1.54, 1.807) is 11.9 Å². The SMILES string of the molecule is Cc1cc2c(s1)Oc1ccccc1N(C)C2=O. The van der Waals surface area contributed by atoms with Gasteiger partial charge in [0.05, 0.1) is 11.3 Å². The fourth-order valence-corrected chi connectivity index (χ4v) is 2.79. The first-order valence-corrected chi connectivity index (χ1v) is 6.14. The summed E-state index contributed by atoms with van der Waals surface area (Å²) in [5.41, 5.74) is 1.45. The van der Waals surface area contributed by atoms with E-state index in [-0.39, 0.29) is 5.91 Å². The maximum atomic E-state index is 12.3. The number of anilines is 1. The van der Waals surface area contributed by atoms with Gasteiger partial charge in [-0.1, -0.05) is 12.1 Å². The Bertz CT molecular complexity index is 603. The Kier molecular flexibility index (Phi) is 2.19. The number of carbonyl (C=O) groups excluding carboxylic acids is 1. The average Bonchev–Trinajstić information content (AvgIpc) is 2.65. The molecule has 0 atom stereocenters. The number of hydrogen-bond donors (Lipinski definition) is 0. The molecule has 0 N–H and O–H groups in total. The number of rotatable bonds is 0. The molecule has 17 heavy (non-hydrogen) atoms. The lowest BCUT2D eigenvalue weighted by atomic mass is 10.2. The lowest BCUT2D eigenvalue weighted by molar-refractivity contribution is 0.0993. The fraction of sp³-hybridized carbons (Fsp3) is 0.154. The van der Waals surface area contributed by atoms with E-state index in [4.69, 9.17) is 4.74 Å². The Balaban J connectivity index is 2.23. The van der Waals surface area contributed by atoms with Crippen LogP contribution in [0.1, 0.15) is 15.2 Å². The first-order chi connectivity index (χ1) is 8.16. The second-order valence-corrected chi connectivity index (χ2v) is 5.21. The number of carbonyl (C=O) groups is 1. The molecule has 0 fully saturated rings. The van der Waals surface area contributed by atoms with Gasteiger partial charge in [0.2, 0.25) is 0 Å². The topological polar surface area (TPSA) is 29.5 Å². The van der Waals surface area contributed by atoms with Gasteiger partial charge in [-0.3, -0.25) is 4.79 Å². The van der Waals surface area contributed by atoms with Crippen molar-refractivity contribution in [3.8, 4) is 10.8 Å². The number of fused-ring (bicyclic) bond motifs is 2. The minimum Gasteiger partial charge on any atom is -0.444 e. The maximum absolute atomic E-state index is 12.3. The number of nitrogens with zero attached hydrogens (tertiary/aromatic N) is 1. The predicted molar refractivity (Wildman–Crippen MR) is 68.3 cm³/mol. The zero-order valence-corrected chi connectivity index (χ0v) is 10.4. The molecule has 3 nitrogen and oxygen atoms in total. The molecular formula is C13H11NO2S. The van der Waals surface area contributed by atoms with Gasteiger partial charge in [0, 0.05) is 11.9 Å². The Morgan fingerprint density at radius 3 is 2.88 bits per heavy atom. The number of ether oxygens (including phenoxy) is 1. The quantitative estimate of drug-likeness (QED) is 0.711. The minimum absolute atomic E-state index is 0.0192. The average molecular weight is 245 g/mol. The summed E-state index contributed by atoms with van der Waals surface area (Å²) in [5, 5.41) is 0.685. The summed E-state index contributed by atoms with van der Waals surface area (Å²) in [7, 11) is 1.77. The van der Waals surface area contributed by atoms with Gasteiger partial charge >= 0.3 is 0 Å². The highest BCUT2D eigenvalue weighted by molar-refractivity contribution is 7.14. The lowest BCUT2D eigenvalue weighted by Crippen LogP contribution is -2.24. The maximum Gasteiger partial charge on any atom is 0.262 e. The van der Waals surface area contributed by atoms with Crippen LogP contribution in [0.3, 0.4) is 0 Å². The van der Waals surface area contributed by atoms with Crippen molar-refractivity contribution in [3.05, 3.63) is 40.8 Å². The summed E-state index contributed by atoms with van der Waals surface area (Å²) >= 11 is 1.50. The number of aryl methyl sites for hydroxylation is 1. The molecule has 1 aliphatic heterocycles. The van der Waals surface area contributed by atoms with Gasteiger partial charge in [0.15, 0.2) is 10.8 Å². The van der Waals surface area contributed by atoms with E-state index in [0.717, 1.165) is 16.3 Å². The highest BCUT2D eigenvalue weighted by Gasteiger charge is 2.26. The van der Waals surface area contributed by atoms with Gasteiger partial charge in [-0.25, -0.2) is 0 Å². The third-order valence-electron chi connectivity index (χ3n) is 2.79. The molecule has 1 aromatic heterocycles. The molecule has 1 aliphatic rings. The number of hydrogen-bond acceptors (Lipinski definition) is 3. The van der Waals surface area contributed by atoms with E-state index in [2.05, 4.69) is 0 Å². The van der Waals surface area contributed by atoms with Crippen LogP contribution in [-0.2, 0) is 0 Å². The lowest BCUT2D eigenvalue weighted by Gasteiger charge is -2.15. The molecule has 86 valence electrons. The summed E-state index contributed by atoms with van der Waals surface area (Å²) in [6.45, 7) is 1.97. The van der Waals surface area contributed by atoms with Crippen molar-refractivity contribution in [2.45, 2.75) is 6.92 Å². The summed E-state index contributed by atoms with van der Waals surface area (Å²) in [5.74, 6) is 0.707. The molecule has 2 heterocycles. The number of thiophene rings is 1.